The Hall–Kier alpha value is -2.65. The number of hydrogen-bond donors (Lipinski definition) is 0. The van der Waals surface area contributed by atoms with Crippen LogP contribution in [0.2, 0.25) is 0 Å². The zero-order chi connectivity index (χ0) is 34.3. The smallest absolute Gasteiger partial charge is 0.312 e. The fourth-order valence-corrected chi connectivity index (χ4v) is 13.4. The van der Waals surface area contributed by atoms with Crippen molar-refractivity contribution in [3.05, 3.63) is 89.5 Å². The Kier molecular flexibility index (Phi) is 8.26. The second-order valence-electron chi connectivity index (χ2n) is 17.8. The molecule has 0 bridgehead atoms. The van der Waals surface area contributed by atoms with E-state index in [1.54, 1.807) is 0 Å². The molecule has 0 aliphatic heterocycles. The van der Waals surface area contributed by atoms with Gasteiger partial charge >= 0.3 is 5.97 Å². The lowest BCUT2D eigenvalue weighted by Gasteiger charge is -2.72. The van der Waals surface area contributed by atoms with Crippen molar-refractivity contribution in [1.29, 1.82) is 0 Å². The minimum atomic E-state index is -0.405. The van der Waals surface area contributed by atoms with Crippen LogP contribution >= 0.6 is 11.6 Å². The van der Waals surface area contributed by atoms with Gasteiger partial charge in [0.2, 0.25) is 0 Å². The molecular formula is C44H55ClO3. The maximum atomic E-state index is 14.3. The monoisotopic (exact) mass is 666 g/mol. The van der Waals surface area contributed by atoms with Gasteiger partial charge in [-0.2, -0.15) is 0 Å². The van der Waals surface area contributed by atoms with E-state index >= 15 is 0 Å². The first kappa shape index (κ1) is 33.8. The van der Waals surface area contributed by atoms with Crippen molar-refractivity contribution in [2.75, 3.05) is 0 Å². The topological polar surface area (TPSA) is 43.4 Å². The summed E-state index contributed by atoms with van der Waals surface area (Å²) in [5.41, 5.74) is 5.65. The summed E-state index contributed by atoms with van der Waals surface area (Å²) >= 11 is 5.78. The van der Waals surface area contributed by atoms with Gasteiger partial charge in [0, 0.05) is 5.56 Å². The van der Waals surface area contributed by atoms with Crippen LogP contribution in [0.5, 0.6) is 0 Å². The van der Waals surface area contributed by atoms with E-state index in [1.807, 2.05) is 30.3 Å². The third-order valence-corrected chi connectivity index (χ3v) is 15.9. The van der Waals surface area contributed by atoms with Crippen LogP contribution in [0.25, 0.3) is 5.57 Å². The van der Waals surface area contributed by atoms with Crippen molar-refractivity contribution < 1.29 is 14.3 Å². The third kappa shape index (κ3) is 4.79. The highest BCUT2D eigenvalue weighted by molar-refractivity contribution is 6.67. The molecule has 0 heterocycles. The van der Waals surface area contributed by atoms with Gasteiger partial charge in [0.15, 0.2) is 0 Å². The Morgan fingerprint density at radius 3 is 2.21 bits per heavy atom. The van der Waals surface area contributed by atoms with Gasteiger partial charge in [-0.05, 0) is 156 Å². The van der Waals surface area contributed by atoms with Gasteiger partial charge in [0.25, 0.3) is 5.24 Å². The Morgan fingerprint density at radius 2 is 1.54 bits per heavy atom. The van der Waals surface area contributed by atoms with Gasteiger partial charge in [-0.3, -0.25) is 9.59 Å². The van der Waals surface area contributed by atoms with Crippen molar-refractivity contribution in [1.82, 2.24) is 0 Å². The Labute approximate surface area is 293 Å². The van der Waals surface area contributed by atoms with Gasteiger partial charge in [-0.25, -0.2) is 0 Å². The summed E-state index contributed by atoms with van der Waals surface area (Å²) in [7, 11) is 0. The summed E-state index contributed by atoms with van der Waals surface area (Å²) < 4.78 is 6.22. The molecule has 0 amide bonds. The van der Waals surface area contributed by atoms with Crippen LogP contribution < -0.4 is 0 Å². The van der Waals surface area contributed by atoms with Crippen molar-refractivity contribution in [3.8, 4) is 0 Å². The van der Waals surface area contributed by atoms with Gasteiger partial charge < -0.3 is 4.74 Å². The number of hydrogen-bond acceptors (Lipinski definition) is 3. The number of carbonyl (C=O) groups is 2. The predicted molar refractivity (Wildman–Crippen MR) is 195 cm³/mol. The van der Waals surface area contributed by atoms with Gasteiger partial charge in [0.1, 0.15) is 6.61 Å². The molecule has 7 rings (SSSR count). The summed E-state index contributed by atoms with van der Waals surface area (Å²) in [6.45, 7) is 19.9. The second-order valence-corrected chi connectivity index (χ2v) is 18.1. The molecule has 5 aliphatic rings. The number of fused-ring (bicyclic) bond motifs is 7. The normalized spacial score (nSPS) is 39.6. The Balaban J connectivity index is 1.20. The van der Waals surface area contributed by atoms with E-state index in [4.69, 9.17) is 16.3 Å². The quantitative estimate of drug-likeness (QED) is 0.175. The molecule has 9 atom stereocenters. The minimum absolute atomic E-state index is 0.0132. The number of halogens is 1. The Morgan fingerprint density at radius 1 is 0.833 bits per heavy atom. The van der Waals surface area contributed by atoms with Crippen LogP contribution in [0.4, 0.5) is 0 Å². The highest BCUT2D eigenvalue weighted by Crippen LogP contribution is 2.77. The fraction of sp³-hybridized carbons (Fsp3) is 0.591. The zero-order valence-corrected chi connectivity index (χ0v) is 30.8. The molecule has 0 aromatic heterocycles. The molecule has 0 saturated heterocycles. The van der Waals surface area contributed by atoms with E-state index in [0.29, 0.717) is 41.8 Å². The predicted octanol–water partition coefficient (Wildman–Crippen LogP) is 11.5. The van der Waals surface area contributed by atoms with Crippen LogP contribution in [0.3, 0.4) is 0 Å². The molecule has 0 spiro atoms. The highest BCUT2D eigenvalue weighted by atomic mass is 35.5. The number of benzene rings is 2. The van der Waals surface area contributed by atoms with E-state index in [-0.39, 0.29) is 27.6 Å². The van der Waals surface area contributed by atoms with Gasteiger partial charge in [0.05, 0.1) is 5.41 Å². The molecule has 0 radical (unpaired) electrons. The van der Waals surface area contributed by atoms with Gasteiger partial charge in [-0.15, -0.1) is 0 Å². The van der Waals surface area contributed by atoms with Crippen LogP contribution in [0.15, 0.2) is 72.8 Å². The molecule has 2 aromatic rings. The summed E-state index contributed by atoms with van der Waals surface area (Å²) in [5.74, 6) is 2.42. The fourth-order valence-electron chi connectivity index (χ4n) is 13.2. The number of ether oxygens (including phenoxy) is 1. The average molecular weight is 667 g/mol. The zero-order valence-electron chi connectivity index (χ0n) is 30.0. The highest BCUT2D eigenvalue weighted by Gasteiger charge is 2.71. The summed E-state index contributed by atoms with van der Waals surface area (Å²) in [6, 6.07) is 18.1. The summed E-state index contributed by atoms with van der Waals surface area (Å²) in [5, 5.41) is -0.405. The van der Waals surface area contributed by atoms with Crippen LogP contribution in [0, 0.1) is 56.7 Å². The minimum Gasteiger partial charge on any atom is -0.460 e. The third-order valence-electron chi connectivity index (χ3n) is 15.7. The molecule has 3 nitrogen and oxygen atoms in total. The SMILES string of the molecule is C=C(C)C1CCC2(C(=O)OCc3ccccc3)CCC3(C)C(CCC4C5(C)CC=C(c6ccc(C(=O)Cl)cc6)C(C)(C)C5CCC43C)C12. The van der Waals surface area contributed by atoms with E-state index < -0.39 is 10.7 Å². The molecule has 4 saturated carbocycles. The number of rotatable bonds is 6. The number of carbonyl (C=O) groups excluding carboxylic acids is 2. The number of allylic oxidation sites excluding steroid dienone is 3. The molecule has 0 N–H and O–H groups in total. The first-order valence-corrected chi connectivity index (χ1v) is 18.9. The van der Waals surface area contributed by atoms with E-state index in [1.165, 1.54) is 42.4 Å². The molecular weight excluding hydrogens is 612 g/mol. The van der Waals surface area contributed by atoms with Crippen molar-refractivity contribution in [3.63, 3.8) is 0 Å². The van der Waals surface area contributed by atoms with Crippen LogP contribution in [0.1, 0.15) is 121 Å². The van der Waals surface area contributed by atoms with Gasteiger partial charge in [-0.1, -0.05) is 95.3 Å². The van der Waals surface area contributed by atoms with Crippen molar-refractivity contribution >= 4 is 28.4 Å². The molecule has 4 heteroatoms. The maximum absolute atomic E-state index is 14.3. The molecule has 5 aliphatic carbocycles. The first-order chi connectivity index (χ1) is 22.7. The van der Waals surface area contributed by atoms with E-state index in [9.17, 15) is 9.59 Å². The van der Waals surface area contributed by atoms with Crippen LogP contribution in [-0.4, -0.2) is 11.2 Å². The Bertz CT molecular complexity index is 1640. The summed E-state index contributed by atoms with van der Waals surface area (Å²) in [6.07, 6.45) is 12.5. The van der Waals surface area contributed by atoms with Crippen molar-refractivity contribution in [2.45, 2.75) is 106 Å². The largest absolute Gasteiger partial charge is 0.460 e. The molecule has 48 heavy (non-hydrogen) atoms. The number of esters is 1. The molecule has 9 unspecified atom stereocenters. The lowest BCUT2D eigenvalue weighted by molar-refractivity contribution is -0.229. The lowest BCUT2D eigenvalue weighted by atomic mass is 9.32. The average Bonchev–Trinajstić information content (AvgIpc) is 3.46. The molecule has 4 fully saturated rings. The standard InChI is InChI=1S/C44H55ClO3/c1-28(2)32-19-24-44(39(47)48-27-29-11-9-8-10-12-29)26-25-42(6)34(37(32)44)17-18-36-41(5)22-20-33(30-13-15-31(16-14-30)38(45)46)40(3,4)35(41)21-23-43(36,42)7/h8-16,20,32,34-37H,1,17-19,21-27H2,2-7H3. The van der Waals surface area contributed by atoms with Crippen LogP contribution in [-0.2, 0) is 16.1 Å². The van der Waals surface area contributed by atoms with E-state index in [2.05, 4.69) is 78.5 Å². The molecule has 256 valence electrons. The van der Waals surface area contributed by atoms with Crippen molar-refractivity contribution in [2.24, 2.45) is 56.7 Å². The lowest BCUT2D eigenvalue weighted by Crippen LogP contribution is -2.66. The maximum Gasteiger partial charge on any atom is 0.312 e. The first-order valence-electron chi connectivity index (χ1n) is 18.6. The second kappa shape index (κ2) is 11.7. The molecule has 2 aromatic carbocycles. The summed E-state index contributed by atoms with van der Waals surface area (Å²) in [4.78, 5) is 26.1. The van der Waals surface area contributed by atoms with E-state index in [0.717, 1.165) is 37.7 Å².